The molecule has 0 bridgehead atoms. The number of carbonyl (C=O) groups is 1. The molecule has 1 N–H and O–H groups in total. The highest BCUT2D eigenvalue weighted by molar-refractivity contribution is 5.72. The average molecular weight is 285 g/mol. The van der Waals surface area contributed by atoms with Gasteiger partial charge in [-0.15, -0.1) is 0 Å². The van der Waals surface area contributed by atoms with Crippen molar-refractivity contribution in [1.82, 2.24) is 4.57 Å². The Morgan fingerprint density at radius 1 is 1.10 bits per heavy atom. The van der Waals surface area contributed by atoms with Crippen LogP contribution in [0, 0.1) is 6.92 Å². The van der Waals surface area contributed by atoms with E-state index in [-0.39, 0.29) is 5.41 Å². The highest BCUT2D eigenvalue weighted by atomic mass is 16.4. The number of benzene rings is 1. The molecule has 1 aromatic heterocycles. The van der Waals surface area contributed by atoms with Gasteiger partial charge in [0.1, 0.15) is 0 Å². The number of aromatic nitrogens is 1. The molecule has 0 aliphatic rings. The van der Waals surface area contributed by atoms with E-state index in [2.05, 4.69) is 20.8 Å². The first kappa shape index (κ1) is 15.0. The van der Waals surface area contributed by atoms with Crippen molar-refractivity contribution in [2.75, 3.05) is 0 Å². The molecule has 4 nitrogen and oxygen atoms in total. The predicted octanol–water partition coefficient (Wildman–Crippen LogP) is 3.65. The van der Waals surface area contributed by atoms with E-state index in [1.807, 2.05) is 24.3 Å². The van der Waals surface area contributed by atoms with Gasteiger partial charge in [0.15, 0.2) is 0 Å². The van der Waals surface area contributed by atoms with Crippen LogP contribution in [0.1, 0.15) is 31.9 Å². The summed E-state index contributed by atoms with van der Waals surface area (Å²) < 4.78 is 0.697. The molecule has 21 heavy (non-hydrogen) atoms. The number of nitrogens with zero attached hydrogens (tertiary/aromatic N) is 1. The van der Waals surface area contributed by atoms with Crippen molar-refractivity contribution in [2.45, 2.75) is 33.1 Å². The van der Waals surface area contributed by atoms with Crippen LogP contribution in [0.4, 0.5) is 4.79 Å². The van der Waals surface area contributed by atoms with Gasteiger partial charge in [0, 0.05) is 11.8 Å². The number of hydrogen-bond acceptors (Lipinski definition) is 2. The SMILES string of the molecule is Cc1c(-c2ccc(C(C)(C)C)cc2)ccn(C(=O)O)c1=O. The van der Waals surface area contributed by atoms with Crippen LogP contribution in [0.5, 0.6) is 0 Å². The molecule has 0 spiro atoms. The molecule has 0 saturated heterocycles. The summed E-state index contributed by atoms with van der Waals surface area (Å²) in [7, 11) is 0. The normalized spacial score (nSPS) is 11.4. The van der Waals surface area contributed by atoms with Crippen molar-refractivity contribution >= 4 is 6.09 Å². The molecule has 0 atom stereocenters. The van der Waals surface area contributed by atoms with Crippen molar-refractivity contribution in [1.29, 1.82) is 0 Å². The third kappa shape index (κ3) is 2.89. The summed E-state index contributed by atoms with van der Waals surface area (Å²) in [6.07, 6.45) is 0.0303. The molecule has 1 aromatic carbocycles. The number of hydrogen-bond donors (Lipinski definition) is 1. The fourth-order valence-corrected chi connectivity index (χ4v) is 2.25. The maximum atomic E-state index is 12.0. The first-order chi connectivity index (χ1) is 9.71. The molecule has 2 aromatic rings. The Bertz CT molecular complexity index is 734. The molecule has 0 aliphatic carbocycles. The first-order valence-electron chi connectivity index (χ1n) is 6.78. The van der Waals surface area contributed by atoms with Crippen molar-refractivity contribution in [3.05, 3.63) is 58.0 Å². The topological polar surface area (TPSA) is 59.3 Å². The van der Waals surface area contributed by atoms with Gasteiger partial charge >= 0.3 is 6.09 Å². The Kier molecular flexibility index (Phi) is 3.73. The molecule has 4 heteroatoms. The van der Waals surface area contributed by atoms with Gasteiger partial charge in [-0.2, -0.15) is 0 Å². The van der Waals surface area contributed by atoms with Crippen LogP contribution in [0.25, 0.3) is 11.1 Å². The van der Waals surface area contributed by atoms with Crippen molar-refractivity contribution in [3.8, 4) is 11.1 Å². The van der Waals surface area contributed by atoms with Crippen LogP contribution in [0.2, 0.25) is 0 Å². The van der Waals surface area contributed by atoms with Crippen molar-refractivity contribution in [2.24, 2.45) is 0 Å². The summed E-state index contributed by atoms with van der Waals surface area (Å²) in [6, 6.07) is 9.67. The monoisotopic (exact) mass is 285 g/mol. The molecule has 0 radical (unpaired) electrons. The fraction of sp³-hybridized carbons (Fsp3) is 0.294. The minimum absolute atomic E-state index is 0.0697. The molecule has 0 amide bonds. The summed E-state index contributed by atoms with van der Waals surface area (Å²) in [6.45, 7) is 8.07. The summed E-state index contributed by atoms with van der Waals surface area (Å²) in [4.78, 5) is 23.0. The highest BCUT2D eigenvalue weighted by Gasteiger charge is 2.15. The number of pyridine rings is 1. The fourth-order valence-electron chi connectivity index (χ4n) is 2.25. The second-order valence-electron chi connectivity index (χ2n) is 6.14. The van der Waals surface area contributed by atoms with Gasteiger partial charge in [-0.3, -0.25) is 4.79 Å². The number of rotatable bonds is 1. The summed E-state index contributed by atoms with van der Waals surface area (Å²) in [5, 5.41) is 8.94. The molecule has 0 aliphatic heterocycles. The van der Waals surface area contributed by atoms with Crippen LogP contribution < -0.4 is 5.56 Å². The standard InChI is InChI=1S/C17H19NO3/c1-11-14(9-10-18(15(11)19)16(20)21)12-5-7-13(8-6-12)17(2,3)4/h5-10H,1-4H3,(H,20,21). The van der Waals surface area contributed by atoms with E-state index in [1.54, 1.807) is 13.0 Å². The molecule has 0 saturated carbocycles. The summed E-state index contributed by atoms with van der Waals surface area (Å²) in [5.41, 5.74) is 2.89. The third-order valence-electron chi connectivity index (χ3n) is 3.60. The second kappa shape index (κ2) is 5.20. The van der Waals surface area contributed by atoms with Gasteiger partial charge in [-0.05, 0) is 35.1 Å². The van der Waals surface area contributed by atoms with E-state index in [1.165, 1.54) is 11.8 Å². The lowest BCUT2D eigenvalue weighted by Gasteiger charge is -2.19. The van der Waals surface area contributed by atoms with E-state index in [9.17, 15) is 9.59 Å². The smallest absolute Gasteiger partial charge is 0.418 e. The molecule has 2 rings (SSSR count). The van der Waals surface area contributed by atoms with Crippen LogP contribution in [-0.2, 0) is 5.41 Å². The quantitative estimate of drug-likeness (QED) is 0.870. The zero-order valence-electron chi connectivity index (χ0n) is 12.7. The van der Waals surface area contributed by atoms with Crippen LogP contribution in [-0.4, -0.2) is 15.8 Å². The minimum Gasteiger partial charge on any atom is -0.464 e. The second-order valence-corrected chi connectivity index (χ2v) is 6.14. The van der Waals surface area contributed by atoms with E-state index in [0.717, 1.165) is 11.1 Å². The molecular formula is C17H19NO3. The maximum absolute atomic E-state index is 12.0. The molecule has 0 fully saturated rings. The Hall–Kier alpha value is -2.36. The molecule has 110 valence electrons. The number of carboxylic acid groups (broad SMARTS) is 1. The largest absolute Gasteiger partial charge is 0.464 e. The Balaban J connectivity index is 2.51. The molecule has 1 heterocycles. The van der Waals surface area contributed by atoms with E-state index in [0.29, 0.717) is 10.1 Å². The van der Waals surface area contributed by atoms with Crippen LogP contribution in [0.15, 0.2) is 41.3 Å². The third-order valence-corrected chi connectivity index (χ3v) is 3.60. The zero-order chi connectivity index (χ0) is 15.8. The summed E-state index contributed by atoms with van der Waals surface area (Å²) >= 11 is 0. The van der Waals surface area contributed by atoms with Crippen LogP contribution >= 0.6 is 0 Å². The van der Waals surface area contributed by atoms with Crippen molar-refractivity contribution < 1.29 is 9.90 Å². The Morgan fingerprint density at radius 2 is 1.67 bits per heavy atom. The minimum atomic E-state index is -1.27. The van der Waals surface area contributed by atoms with Gasteiger partial charge in [-0.25, -0.2) is 9.36 Å². The zero-order valence-corrected chi connectivity index (χ0v) is 12.7. The van der Waals surface area contributed by atoms with E-state index >= 15 is 0 Å². The summed E-state index contributed by atoms with van der Waals surface area (Å²) in [5.74, 6) is 0. The van der Waals surface area contributed by atoms with Gasteiger partial charge in [0.25, 0.3) is 5.56 Å². The lowest BCUT2D eigenvalue weighted by atomic mass is 9.86. The average Bonchev–Trinajstić information content (AvgIpc) is 2.40. The van der Waals surface area contributed by atoms with Gasteiger partial charge in [0.2, 0.25) is 0 Å². The van der Waals surface area contributed by atoms with Gasteiger partial charge < -0.3 is 5.11 Å². The lowest BCUT2D eigenvalue weighted by molar-refractivity contribution is 0.195. The van der Waals surface area contributed by atoms with Crippen LogP contribution in [0.3, 0.4) is 0 Å². The molecule has 0 unspecified atom stereocenters. The molecular weight excluding hydrogens is 266 g/mol. The van der Waals surface area contributed by atoms with Gasteiger partial charge in [-0.1, -0.05) is 45.0 Å². The van der Waals surface area contributed by atoms with Crippen molar-refractivity contribution in [3.63, 3.8) is 0 Å². The first-order valence-corrected chi connectivity index (χ1v) is 6.78. The Labute approximate surface area is 123 Å². The maximum Gasteiger partial charge on any atom is 0.418 e. The van der Waals surface area contributed by atoms with E-state index in [4.69, 9.17) is 5.11 Å². The lowest BCUT2D eigenvalue weighted by Crippen LogP contribution is -2.27. The van der Waals surface area contributed by atoms with Gasteiger partial charge in [0.05, 0.1) is 0 Å². The van der Waals surface area contributed by atoms with E-state index < -0.39 is 11.7 Å². The highest BCUT2D eigenvalue weighted by Crippen LogP contribution is 2.26. The Morgan fingerprint density at radius 3 is 2.14 bits per heavy atom. The predicted molar refractivity (Wildman–Crippen MR) is 83.0 cm³/mol.